The number of fused-ring (bicyclic) bond motifs is 1. The molecule has 3 aromatic heterocycles. The van der Waals surface area contributed by atoms with Gasteiger partial charge >= 0.3 is 0 Å². The normalized spacial score (nSPS) is 11.3. The third-order valence-electron chi connectivity index (χ3n) is 3.10. The minimum atomic E-state index is 0.823. The highest BCUT2D eigenvalue weighted by molar-refractivity contribution is 9.08. The molecular weight excluding hydrogens is 342 g/mol. The molecule has 3 nitrogen and oxygen atoms in total. The minimum absolute atomic E-state index is 0.823. The Hall–Kier alpha value is -0.850. The molecule has 0 saturated carbocycles. The van der Waals surface area contributed by atoms with Gasteiger partial charge in [-0.3, -0.25) is 4.40 Å². The number of hydrogen-bond donors (Lipinski definition) is 0. The van der Waals surface area contributed by atoms with E-state index in [1.807, 2.05) is 11.3 Å². The van der Waals surface area contributed by atoms with Crippen LogP contribution in [0.4, 0.5) is 5.82 Å². The van der Waals surface area contributed by atoms with E-state index in [4.69, 9.17) is 4.98 Å². The first-order valence-electron chi connectivity index (χ1n) is 6.03. The summed E-state index contributed by atoms with van der Waals surface area (Å²) in [4.78, 5) is 9.46. The Balaban J connectivity index is 1.80. The van der Waals surface area contributed by atoms with Gasteiger partial charge in [0.05, 0.1) is 5.69 Å². The molecule has 0 unspecified atom stereocenters. The third kappa shape index (κ3) is 2.57. The van der Waals surface area contributed by atoms with Crippen molar-refractivity contribution in [3.63, 3.8) is 0 Å². The van der Waals surface area contributed by atoms with Crippen LogP contribution in [0.15, 0.2) is 29.1 Å². The van der Waals surface area contributed by atoms with Crippen LogP contribution in [-0.2, 0) is 11.8 Å². The van der Waals surface area contributed by atoms with E-state index < -0.39 is 0 Å². The zero-order chi connectivity index (χ0) is 13.2. The van der Waals surface area contributed by atoms with E-state index in [9.17, 15) is 0 Å². The van der Waals surface area contributed by atoms with Crippen LogP contribution in [0.2, 0.25) is 0 Å². The van der Waals surface area contributed by atoms with Crippen molar-refractivity contribution in [2.45, 2.75) is 11.8 Å². The second-order valence-corrected chi connectivity index (χ2v) is 6.79. The third-order valence-corrected chi connectivity index (χ3v) is 5.33. The second-order valence-electron chi connectivity index (χ2n) is 4.32. The van der Waals surface area contributed by atoms with Crippen molar-refractivity contribution in [1.29, 1.82) is 0 Å². The van der Waals surface area contributed by atoms with Gasteiger partial charge in [0.25, 0.3) is 0 Å². The zero-order valence-electron chi connectivity index (χ0n) is 10.5. The number of aromatic nitrogens is 2. The van der Waals surface area contributed by atoms with Gasteiger partial charge in [0, 0.05) is 35.4 Å². The number of thiophene rings is 1. The maximum absolute atomic E-state index is 4.72. The van der Waals surface area contributed by atoms with Crippen molar-refractivity contribution < 1.29 is 0 Å². The Morgan fingerprint density at radius 1 is 1.37 bits per heavy atom. The van der Waals surface area contributed by atoms with Crippen LogP contribution in [0, 0.1) is 0 Å². The lowest BCUT2D eigenvalue weighted by Crippen LogP contribution is -2.21. The van der Waals surface area contributed by atoms with Crippen LogP contribution >= 0.6 is 38.6 Å². The van der Waals surface area contributed by atoms with Gasteiger partial charge < -0.3 is 4.90 Å². The van der Waals surface area contributed by atoms with Crippen molar-refractivity contribution in [2.24, 2.45) is 0 Å². The molecule has 0 spiro atoms. The van der Waals surface area contributed by atoms with Crippen LogP contribution in [0.3, 0.4) is 0 Å². The molecule has 3 rings (SSSR count). The average molecular weight is 356 g/mol. The zero-order valence-corrected chi connectivity index (χ0v) is 13.8. The van der Waals surface area contributed by atoms with Crippen molar-refractivity contribution in [2.75, 3.05) is 18.5 Å². The molecule has 100 valence electrons. The first-order chi connectivity index (χ1) is 9.29. The van der Waals surface area contributed by atoms with E-state index in [0.29, 0.717) is 0 Å². The Morgan fingerprint density at radius 3 is 3.00 bits per heavy atom. The highest BCUT2D eigenvalue weighted by Gasteiger charge is 2.15. The fraction of sp³-hybridized carbons (Fsp3) is 0.308. The Kier molecular flexibility index (Phi) is 3.91. The summed E-state index contributed by atoms with van der Waals surface area (Å²) in [6.07, 6.45) is 3.15. The van der Waals surface area contributed by atoms with Crippen LogP contribution in [0.5, 0.6) is 0 Å². The number of hydrogen-bond acceptors (Lipinski definition) is 4. The predicted molar refractivity (Wildman–Crippen MR) is 87.0 cm³/mol. The van der Waals surface area contributed by atoms with Gasteiger partial charge in [0.2, 0.25) is 0 Å². The Bertz CT molecular complexity index is 657. The van der Waals surface area contributed by atoms with E-state index in [-0.39, 0.29) is 0 Å². The van der Waals surface area contributed by atoms with Crippen LogP contribution in [0.25, 0.3) is 4.96 Å². The molecule has 3 heterocycles. The monoisotopic (exact) mass is 355 g/mol. The number of thiazole rings is 1. The highest BCUT2D eigenvalue weighted by atomic mass is 79.9. The quantitative estimate of drug-likeness (QED) is 0.644. The average Bonchev–Trinajstić information content (AvgIpc) is 3.11. The molecule has 19 heavy (non-hydrogen) atoms. The Morgan fingerprint density at radius 2 is 2.26 bits per heavy atom. The molecule has 0 saturated heterocycles. The van der Waals surface area contributed by atoms with Crippen LogP contribution in [-0.4, -0.2) is 23.0 Å². The molecule has 0 aliphatic rings. The lowest BCUT2D eigenvalue weighted by molar-refractivity contribution is 0.867. The van der Waals surface area contributed by atoms with E-state index in [1.165, 1.54) is 10.6 Å². The molecule has 0 radical (unpaired) electrons. The molecular formula is C13H14BrN3S2. The largest absolute Gasteiger partial charge is 0.358 e. The summed E-state index contributed by atoms with van der Waals surface area (Å²) in [7, 11) is 2.12. The predicted octanol–water partition coefficient (Wildman–Crippen LogP) is 4.03. The molecule has 0 fully saturated rings. The molecule has 0 amide bonds. The highest BCUT2D eigenvalue weighted by Crippen LogP contribution is 2.26. The van der Waals surface area contributed by atoms with E-state index in [2.05, 4.69) is 61.4 Å². The lowest BCUT2D eigenvalue weighted by atomic mass is 10.3. The number of alkyl halides is 1. The van der Waals surface area contributed by atoms with Gasteiger partial charge in [-0.05, 0) is 17.9 Å². The second kappa shape index (κ2) is 5.64. The van der Waals surface area contributed by atoms with Gasteiger partial charge in [-0.15, -0.1) is 22.7 Å². The summed E-state index contributed by atoms with van der Waals surface area (Å²) in [6.45, 7) is 0.991. The molecule has 0 N–H and O–H groups in total. The summed E-state index contributed by atoms with van der Waals surface area (Å²) >= 11 is 7.07. The fourth-order valence-corrected chi connectivity index (χ4v) is 4.04. The van der Waals surface area contributed by atoms with Crippen molar-refractivity contribution in [3.05, 3.63) is 39.7 Å². The smallest absolute Gasteiger partial charge is 0.195 e. The summed E-state index contributed by atoms with van der Waals surface area (Å²) in [5.74, 6) is 1.08. The number of imidazole rings is 1. The maximum atomic E-state index is 4.72. The van der Waals surface area contributed by atoms with Crippen LogP contribution < -0.4 is 4.90 Å². The number of halogens is 1. The van der Waals surface area contributed by atoms with E-state index >= 15 is 0 Å². The van der Waals surface area contributed by atoms with E-state index in [0.717, 1.165) is 29.1 Å². The standard InChI is InChI=1S/C13H14BrN3S2/c1-16(5-4-10-3-2-7-18-10)12-11(9-14)17-6-8-19-13(17)15-12/h2-3,6-8H,4-5,9H2,1H3. The fourth-order valence-electron chi connectivity index (χ4n) is 2.09. The van der Waals surface area contributed by atoms with Gasteiger partial charge in [0.15, 0.2) is 10.8 Å². The maximum Gasteiger partial charge on any atom is 0.195 e. The van der Waals surface area contributed by atoms with Gasteiger partial charge in [-0.25, -0.2) is 4.98 Å². The molecule has 3 aromatic rings. The molecule has 0 bridgehead atoms. The molecule has 0 atom stereocenters. The minimum Gasteiger partial charge on any atom is -0.358 e. The molecule has 0 aliphatic carbocycles. The molecule has 0 aliphatic heterocycles. The lowest BCUT2D eigenvalue weighted by Gasteiger charge is -2.17. The van der Waals surface area contributed by atoms with E-state index in [1.54, 1.807) is 11.3 Å². The van der Waals surface area contributed by atoms with Crippen molar-refractivity contribution in [1.82, 2.24) is 9.38 Å². The summed E-state index contributed by atoms with van der Waals surface area (Å²) in [6, 6.07) is 4.30. The number of anilines is 1. The van der Waals surface area contributed by atoms with Gasteiger partial charge in [0.1, 0.15) is 0 Å². The molecule has 0 aromatic carbocycles. The van der Waals surface area contributed by atoms with Gasteiger partial charge in [-0.1, -0.05) is 22.0 Å². The van der Waals surface area contributed by atoms with Crippen molar-refractivity contribution >= 4 is 49.4 Å². The SMILES string of the molecule is CN(CCc1cccs1)c1nc2sccn2c1CBr. The number of likely N-dealkylation sites (N-methyl/N-ethyl adjacent to an activating group) is 1. The van der Waals surface area contributed by atoms with Gasteiger partial charge in [-0.2, -0.15) is 0 Å². The number of nitrogens with zero attached hydrogens (tertiary/aromatic N) is 3. The molecule has 6 heteroatoms. The summed E-state index contributed by atoms with van der Waals surface area (Å²) in [5.41, 5.74) is 1.23. The van der Waals surface area contributed by atoms with Crippen LogP contribution in [0.1, 0.15) is 10.6 Å². The Labute approximate surface area is 128 Å². The first kappa shape index (κ1) is 13.1. The topological polar surface area (TPSA) is 20.5 Å². The first-order valence-corrected chi connectivity index (χ1v) is 8.91. The number of rotatable bonds is 5. The summed E-state index contributed by atoms with van der Waals surface area (Å²) in [5, 5.41) is 5.03. The van der Waals surface area contributed by atoms with Crippen molar-refractivity contribution in [3.8, 4) is 0 Å². The summed E-state index contributed by atoms with van der Waals surface area (Å²) < 4.78 is 2.16.